The molecule has 33 heavy (non-hydrogen) atoms. The maximum Gasteiger partial charge on any atom is 0.339 e. The minimum atomic E-state index is -4.02. The van der Waals surface area contributed by atoms with Gasteiger partial charge in [-0.1, -0.05) is 60.4 Å². The van der Waals surface area contributed by atoms with Gasteiger partial charge in [0.2, 0.25) is 0 Å². The number of hydrogen-bond acceptors (Lipinski definition) is 7. The number of hydrogen-bond donors (Lipinski definition) is 0. The minimum Gasteiger partial charge on any atom is -0.493 e. The smallest absolute Gasteiger partial charge is 0.339 e. The molecule has 0 aliphatic carbocycles. The molecule has 9 heteroatoms. The molecule has 4 rings (SSSR count). The quantitative estimate of drug-likeness (QED) is 0.264. The predicted octanol–water partition coefficient (Wildman–Crippen LogP) is 5.18. The topological polar surface area (TPSA) is 72.9 Å². The van der Waals surface area contributed by atoms with Gasteiger partial charge in [0.1, 0.15) is 4.90 Å². The highest BCUT2D eigenvalue weighted by atomic mass is 32.2. The van der Waals surface area contributed by atoms with Crippen LogP contribution in [0, 0.1) is 6.92 Å². The molecule has 1 fully saturated rings. The van der Waals surface area contributed by atoms with Crippen molar-refractivity contribution in [3.63, 3.8) is 0 Å². The Morgan fingerprint density at radius 1 is 0.970 bits per heavy atom. The van der Waals surface area contributed by atoms with E-state index >= 15 is 0 Å². The SMILES string of the molecule is COc1cc(/C=C2/SC(=S)N(c3cccc(C)c3)C2=O)ccc1OS(=O)(=O)c1ccccc1. The molecule has 6 nitrogen and oxygen atoms in total. The van der Waals surface area contributed by atoms with Crippen LogP contribution in [0.2, 0.25) is 0 Å². The Morgan fingerprint density at radius 3 is 2.42 bits per heavy atom. The fraction of sp³-hybridized carbons (Fsp3) is 0.0833. The number of nitrogens with zero attached hydrogens (tertiary/aromatic N) is 1. The number of amides is 1. The van der Waals surface area contributed by atoms with Crippen molar-refractivity contribution >= 4 is 56.1 Å². The number of methoxy groups -OCH3 is 1. The van der Waals surface area contributed by atoms with Crippen LogP contribution in [0.15, 0.2) is 82.6 Å². The van der Waals surface area contributed by atoms with Gasteiger partial charge in [0.25, 0.3) is 5.91 Å². The van der Waals surface area contributed by atoms with E-state index in [4.69, 9.17) is 21.1 Å². The van der Waals surface area contributed by atoms with Crippen LogP contribution >= 0.6 is 24.0 Å². The van der Waals surface area contributed by atoms with E-state index in [0.717, 1.165) is 5.56 Å². The van der Waals surface area contributed by atoms with Crippen molar-refractivity contribution in [1.29, 1.82) is 0 Å². The zero-order valence-corrected chi connectivity index (χ0v) is 20.2. The first-order chi connectivity index (χ1) is 15.8. The number of aryl methyl sites for hydroxylation is 1. The molecule has 0 N–H and O–H groups in total. The van der Waals surface area contributed by atoms with Crippen LogP contribution in [-0.2, 0) is 14.9 Å². The third kappa shape index (κ3) is 4.95. The molecule has 0 bridgehead atoms. The molecule has 0 aromatic heterocycles. The largest absolute Gasteiger partial charge is 0.493 e. The zero-order valence-electron chi connectivity index (χ0n) is 17.7. The van der Waals surface area contributed by atoms with E-state index in [2.05, 4.69) is 0 Å². The van der Waals surface area contributed by atoms with Gasteiger partial charge < -0.3 is 8.92 Å². The number of thiocarbonyl (C=S) groups is 1. The molecule has 0 unspecified atom stereocenters. The molecule has 0 spiro atoms. The van der Waals surface area contributed by atoms with Gasteiger partial charge in [-0.25, -0.2) is 0 Å². The fourth-order valence-corrected chi connectivity index (χ4v) is 5.46. The number of benzene rings is 3. The lowest BCUT2D eigenvalue weighted by Gasteiger charge is -2.14. The fourth-order valence-electron chi connectivity index (χ4n) is 3.21. The molecule has 3 aromatic rings. The Labute approximate surface area is 202 Å². The van der Waals surface area contributed by atoms with Crippen molar-refractivity contribution in [3.8, 4) is 11.5 Å². The summed E-state index contributed by atoms with van der Waals surface area (Å²) in [5.41, 5.74) is 2.38. The lowest BCUT2D eigenvalue weighted by Crippen LogP contribution is -2.27. The Balaban J connectivity index is 1.60. The molecule has 1 saturated heterocycles. The molecule has 1 aliphatic heterocycles. The lowest BCUT2D eigenvalue weighted by atomic mass is 10.1. The lowest BCUT2D eigenvalue weighted by molar-refractivity contribution is -0.113. The van der Waals surface area contributed by atoms with E-state index in [1.165, 1.54) is 42.0 Å². The summed E-state index contributed by atoms with van der Waals surface area (Å²) < 4.78 is 36.2. The van der Waals surface area contributed by atoms with E-state index in [-0.39, 0.29) is 22.3 Å². The number of anilines is 1. The first-order valence-electron chi connectivity index (χ1n) is 9.81. The number of rotatable bonds is 6. The summed E-state index contributed by atoms with van der Waals surface area (Å²) in [4.78, 5) is 15.0. The number of ether oxygens (including phenoxy) is 1. The number of carbonyl (C=O) groups is 1. The van der Waals surface area contributed by atoms with Gasteiger partial charge in [0, 0.05) is 0 Å². The van der Waals surface area contributed by atoms with Crippen LogP contribution in [0.5, 0.6) is 11.5 Å². The van der Waals surface area contributed by atoms with Crippen molar-refractivity contribution in [1.82, 2.24) is 0 Å². The Hall–Kier alpha value is -3.14. The van der Waals surface area contributed by atoms with Gasteiger partial charge in [-0.3, -0.25) is 9.69 Å². The summed E-state index contributed by atoms with van der Waals surface area (Å²) in [6.07, 6.45) is 1.69. The van der Waals surface area contributed by atoms with Crippen LogP contribution in [0.25, 0.3) is 6.08 Å². The van der Waals surface area contributed by atoms with Crippen molar-refractivity contribution in [3.05, 3.63) is 88.8 Å². The molecule has 0 atom stereocenters. The minimum absolute atomic E-state index is 0.0379. The van der Waals surface area contributed by atoms with Crippen LogP contribution in [0.3, 0.4) is 0 Å². The van der Waals surface area contributed by atoms with Crippen LogP contribution in [-0.4, -0.2) is 25.8 Å². The van der Waals surface area contributed by atoms with Gasteiger partial charge in [0.15, 0.2) is 15.8 Å². The van der Waals surface area contributed by atoms with Crippen LogP contribution in [0.1, 0.15) is 11.1 Å². The second-order valence-corrected chi connectivity index (χ2v) is 10.3. The van der Waals surface area contributed by atoms with E-state index < -0.39 is 10.1 Å². The van der Waals surface area contributed by atoms with E-state index in [0.29, 0.717) is 20.5 Å². The normalized spacial score (nSPS) is 15.2. The summed E-state index contributed by atoms with van der Waals surface area (Å²) in [5.74, 6) is 0.0461. The molecule has 0 radical (unpaired) electrons. The zero-order chi connectivity index (χ0) is 23.6. The summed E-state index contributed by atoms with van der Waals surface area (Å²) >= 11 is 6.63. The molecule has 1 amide bonds. The van der Waals surface area contributed by atoms with Crippen molar-refractivity contribution < 1.29 is 22.1 Å². The van der Waals surface area contributed by atoms with Crippen molar-refractivity contribution in [2.45, 2.75) is 11.8 Å². The van der Waals surface area contributed by atoms with E-state index in [1.807, 2.05) is 31.2 Å². The van der Waals surface area contributed by atoms with Gasteiger partial charge in [0.05, 0.1) is 17.7 Å². The Kier molecular flexibility index (Phi) is 6.55. The van der Waals surface area contributed by atoms with Gasteiger partial charge in [-0.15, -0.1) is 0 Å². The third-order valence-corrected chi connectivity index (χ3v) is 7.32. The predicted molar refractivity (Wildman–Crippen MR) is 134 cm³/mol. The summed E-state index contributed by atoms with van der Waals surface area (Å²) in [6, 6.07) is 20.2. The number of carbonyl (C=O) groups excluding carboxylic acids is 1. The third-order valence-electron chi connectivity index (χ3n) is 4.77. The molecular weight excluding hydrogens is 478 g/mol. The maximum atomic E-state index is 13.0. The van der Waals surface area contributed by atoms with Gasteiger partial charge in [-0.2, -0.15) is 8.42 Å². The summed E-state index contributed by atoms with van der Waals surface area (Å²) in [6.45, 7) is 1.95. The van der Waals surface area contributed by atoms with E-state index in [9.17, 15) is 13.2 Å². The first kappa shape index (κ1) is 23.0. The molecular formula is C24H19NO5S3. The monoisotopic (exact) mass is 497 g/mol. The highest BCUT2D eigenvalue weighted by Gasteiger charge is 2.33. The Bertz CT molecular complexity index is 1370. The first-order valence-corrected chi connectivity index (χ1v) is 12.4. The molecule has 1 aliphatic rings. The van der Waals surface area contributed by atoms with Crippen LogP contribution < -0.4 is 13.8 Å². The second kappa shape index (κ2) is 9.38. The van der Waals surface area contributed by atoms with Gasteiger partial charge in [-0.05, 0) is 60.5 Å². The summed E-state index contributed by atoms with van der Waals surface area (Å²) in [7, 11) is -2.60. The van der Waals surface area contributed by atoms with E-state index in [1.54, 1.807) is 36.4 Å². The van der Waals surface area contributed by atoms with Crippen LogP contribution in [0.4, 0.5) is 5.69 Å². The number of thioether (sulfide) groups is 1. The average Bonchev–Trinajstić information content (AvgIpc) is 3.07. The molecule has 3 aromatic carbocycles. The standard InChI is InChI=1S/C24H19NO5S3/c1-16-7-6-8-18(13-16)25-23(26)22(32-24(25)31)15-17-11-12-20(21(14-17)29-2)30-33(27,28)19-9-4-3-5-10-19/h3-15H,1-2H3/b22-15+. The molecule has 1 heterocycles. The molecule has 0 saturated carbocycles. The maximum absolute atomic E-state index is 13.0. The van der Waals surface area contributed by atoms with Crippen molar-refractivity contribution in [2.75, 3.05) is 12.0 Å². The second-order valence-electron chi connectivity index (χ2n) is 7.12. The highest BCUT2D eigenvalue weighted by Crippen LogP contribution is 2.37. The highest BCUT2D eigenvalue weighted by molar-refractivity contribution is 8.27. The molecule has 168 valence electrons. The summed E-state index contributed by atoms with van der Waals surface area (Å²) in [5, 5.41) is 0. The Morgan fingerprint density at radius 2 is 1.73 bits per heavy atom. The van der Waals surface area contributed by atoms with Crippen molar-refractivity contribution in [2.24, 2.45) is 0 Å². The average molecular weight is 498 g/mol. The van der Waals surface area contributed by atoms with Gasteiger partial charge >= 0.3 is 10.1 Å².